The molecule has 2 fully saturated rings. The van der Waals surface area contributed by atoms with Crippen molar-refractivity contribution < 1.29 is 0 Å². The molecule has 94 valence electrons. The molecule has 0 spiro atoms. The van der Waals surface area contributed by atoms with Gasteiger partial charge in [0.25, 0.3) is 0 Å². The summed E-state index contributed by atoms with van der Waals surface area (Å²) in [5.74, 6) is 0. The standard InChI is InChI=1S/C14H28N2/c1-3-5-14(6-7-14)12-16-11-13(4-2)8-9-15-10-13/h15-16H,3-12H2,1-2H3. The van der Waals surface area contributed by atoms with Gasteiger partial charge < -0.3 is 10.6 Å². The Bertz CT molecular complexity index is 215. The molecular formula is C14H28N2. The van der Waals surface area contributed by atoms with Gasteiger partial charge in [-0.2, -0.15) is 0 Å². The van der Waals surface area contributed by atoms with Crippen LogP contribution in [0.3, 0.4) is 0 Å². The minimum absolute atomic E-state index is 0.558. The Balaban J connectivity index is 1.70. The highest BCUT2D eigenvalue weighted by Crippen LogP contribution is 2.49. The summed E-state index contributed by atoms with van der Waals surface area (Å²) in [5, 5.41) is 7.28. The lowest BCUT2D eigenvalue weighted by atomic mass is 9.84. The summed E-state index contributed by atoms with van der Waals surface area (Å²) in [7, 11) is 0. The first-order valence-electron chi connectivity index (χ1n) is 7.16. The van der Waals surface area contributed by atoms with E-state index in [-0.39, 0.29) is 0 Å². The molecule has 2 rings (SSSR count). The molecule has 0 bridgehead atoms. The van der Waals surface area contributed by atoms with E-state index in [9.17, 15) is 0 Å². The van der Waals surface area contributed by atoms with E-state index in [1.54, 1.807) is 0 Å². The molecule has 0 radical (unpaired) electrons. The van der Waals surface area contributed by atoms with E-state index >= 15 is 0 Å². The Kier molecular flexibility index (Phi) is 3.91. The number of rotatable bonds is 7. The zero-order valence-corrected chi connectivity index (χ0v) is 11.1. The fourth-order valence-corrected chi connectivity index (χ4v) is 3.19. The van der Waals surface area contributed by atoms with Gasteiger partial charge in [-0.15, -0.1) is 0 Å². The summed E-state index contributed by atoms with van der Waals surface area (Å²) in [6.07, 6.45) is 8.38. The Morgan fingerprint density at radius 3 is 2.31 bits per heavy atom. The van der Waals surface area contributed by atoms with Crippen LogP contribution in [0.25, 0.3) is 0 Å². The quantitative estimate of drug-likeness (QED) is 0.694. The van der Waals surface area contributed by atoms with Crippen molar-refractivity contribution in [1.82, 2.24) is 10.6 Å². The van der Waals surface area contributed by atoms with Gasteiger partial charge in [0.05, 0.1) is 0 Å². The monoisotopic (exact) mass is 224 g/mol. The molecule has 1 aliphatic heterocycles. The zero-order valence-electron chi connectivity index (χ0n) is 11.1. The second-order valence-electron chi connectivity index (χ2n) is 6.13. The lowest BCUT2D eigenvalue weighted by Crippen LogP contribution is -2.38. The fraction of sp³-hybridized carbons (Fsp3) is 1.00. The first-order valence-corrected chi connectivity index (χ1v) is 7.16. The van der Waals surface area contributed by atoms with Crippen molar-refractivity contribution in [2.75, 3.05) is 26.2 Å². The van der Waals surface area contributed by atoms with E-state index in [0.29, 0.717) is 10.8 Å². The fourth-order valence-electron chi connectivity index (χ4n) is 3.19. The molecule has 16 heavy (non-hydrogen) atoms. The van der Waals surface area contributed by atoms with Gasteiger partial charge >= 0.3 is 0 Å². The highest BCUT2D eigenvalue weighted by molar-refractivity contribution is 4.96. The number of hydrogen-bond donors (Lipinski definition) is 2. The van der Waals surface area contributed by atoms with Gasteiger partial charge in [-0.25, -0.2) is 0 Å². The molecule has 0 aromatic rings. The highest BCUT2D eigenvalue weighted by atomic mass is 15.0. The summed E-state index contributed by atoms with van der Waals surface area (Å²) in [5.41, 5.74) is 1.26. The molecule has 0 aromatic carbocycles. The lowest BCUT2D eigenvalue weighted by molar-refractivity contribution is 0.276. The normalized spacial score (nSPS) is 31.9. The second-order valence-corrected chi connectivity index (χ2v) is 6.13. The van der Waals surface area contributed by atoms with Crippen molar-refractivity contribution in [1.29, 1.82) is 0 Å². The summed E-state index contributed by atoms with van der Waals surface area (Å²) in [6, 6.07) is 0. The van der Waals surface area contributed by atoms with Gasteiger partial charge in [0.2, 0.25) is 0 Å². The van der Waals surface area contributed by atoms with Crippen molar-refractivity contribution in [3.8, 4) is 0 Å². The summed E-state index contributed by atoms with van der Waals surface area (Å²) in [6.45, 7) is 9.58. The van der Waals surface area contributed by atoms with Crippen molar-refractivity contribution in [3.63, 3.8) is 0 Å². The van der Waals surface area contributed by atoms with Gasteiger partial charge in [0.15, 0.2) is 0 Å². The molecule has 1 heterocycles. The van der Waals surface area contributed by atoms with Gasteiger partial charge in [-0.05, 0) is 49.5 Å². The SMILES string of the molecule is CCCC1(CNCC2(CC)CCNC2)CC1. The number of hydrogen-bond acceptors (Lipinski definition) is 2. The maximum Gasteiger partial charge on any atom is 0.00206 e. The van der Waals surface area contributed by atoms with E-state index in [4.69, 9.17) is 0 Å². The van der Waals surface area contributed by atoms with Crippen LogP contribution in [-0.4, -0.2) is 26.2 Å². The Labute approximate surface area is 101 Å². The van der Waals surface area contributed by atoms with Crippen molar-refractivity contribution in [2.45, 2.75) is 52.4 Å². The molecule has 0 amide bonds. The first-order chi connectivity index (χ1) is 7.74. The molecule has 1 unspecified atom stereocenters. The minimum Gasteiger partial charge on any atom is -0.316 e. The van der Waals surface area contributed by atoms with Crippen LogP contribution in [0.5, 0.6) is 0 Å². The Hall–Kier alpha value is -0.0800. The molecular weight excluding hydrogens is 196 g/mol. The van der Waals surface area contributed by atoms with E-state index in [2.05, 4.69) is 24.5 Å². The lowest BCUT2D eigenvalue weighted by Gasteiger charge is -2.28. The van der Waals surface area contributed by atoms with Gasteiger partial charge in [-0.1, -0.05) is 20.3 Å². The van der Waals surface area contributed by atoms with Crippen LogP contribution in [0.2, 0.25) is 0 Å². The predicted octanol–water partition coefficient (Wildman–Crippen LogP) is 2.55. The van der Waals surface area contributed by atoms with Crippen LogP contribution in [0.1, 0.15) is 52.4 Å². The largest absolute Gasteiger partial charge is 0.316 e. The summed E-state index contributed by atoms with van der Waals surface area (Å²) >= 11 is 0. The van der Waals surface area contributed by atoms with Crippen LogP contribution in [-0.2, 0) is 0 Å². The second kappa shape index (κ2) is 5.05. The van der Waals surface area contributed by atoms with Crippen LogP contribution >= 0.6 is 0 Å². The maximum absolute atomic E-state index is 3.77. The zero-order chi connectivity index (χ0) is 11.5. The number of nitrogens with one attached hydrogen (secondary N) is 2. The van der Waals surface area contributed by atoms with Crippen LogP contribution in [0.4, 0.5) is 0 Å². The average molecular weight is 224 g/mol. The molecule has 1 saturated heterocycles. The molecule has 2 N–H and O–H groups in total. The predicted molar refractivity (Wildman–Crippen MR) is 69.7 cm³/mol. The third-order valence-electron chi connectivity index (χ3n) is 4.82. The average Bonchev–Trinajstić information content (AvgIpc) is 2.89. The Morgan fingerprint density at radius 2 is 1.81 bits per heavy atom. The molecule has 0 aromatic heterocycles. The van der Waals surface area contributed by atoms with Crippen LogP contribution in [0.15, 0.2) is 0 Å². The molecule has 1 saturated carbocycles. The topological polar surface area (TPSA) is 24.1 Å². The van der Waals surface area contributed by atoms with E-state index < -0.39 is 0 Å². The van der Waals surface area contributed by atoms with E-state index in [1.807, 2.05) is 0 Å². The van der Waals surface area contributed by atoms with Crippen molar-refractivity contribution in [2.24, 2.45) is 10.8 Å². The van der Waals surface area contributed by atoms with Gasteiger partial charge in [0.1, 0.15) is 0 Å². The molecule has 2 heteroatoms. The van der Waals surface area contributed by atoms with Gasteiger partial charge in [0, 0.05) is 19.6 Å². The third kappa shape index (κ3) is 2.78. The van der Waals surface area contributed by atoms with Crippen molar-refractivity contribution >= 4 is 0 Å². The van der Waals surface area contributed by atoms with Crippen molar-refractivity contribution in [3.05, 3.63) is 0 Å². The molecule has 2 aliphatic rings. The molecule has 1 atom stereocenters. The van der Waals surface area contributed by atoms with Crippen LogP contribution in [0, 0.1) is 10.8 Å². The third-order valence-corrected chi connectivity index (χ3v) is 4.82. The molecule has 2 nitrogen and oxygen atoms in total. The van der Waals surface area contributed by atoms with Crippen LogP contribution < -0.4 is 10.6 Å². The highest BCUT2D eigenvalue weighted by Gasteiger charge is 2.41. The summed E-state index contributed by atoms with van der Waals surface area (Å²) in [4.78, 5) is 0. The van der Waals surface area contributed by atoms with Gasteiger partial charge in [-0.3, -0.25) is 0 Å². The minimum atomic E-state index is 0.558. The summed E-state index contributed by atoms with van der Waals surface area (Å²) < 4.78 is 0. The van der Waals surface area contributed by atoms with E-state index in [0.717, 1.165) is 0 Å². The Morgan fingerprint density at radius 1 is 1.06 bits per heavy atom. The molecule has 1 aliphatic carbocycles. The van der Waals surface area contributed by atoms with E-state index in [1.165, 1.54) is 64.7 Å². The first kappa shape index (κ1) is 12.4. The maximum atomic E-state index is 3.77. The smallest absolute Gasteiger partial charge is 0.00206 e.